The summed E-state index contributed by atoms with van der Waals surface area (Å²) in [4.78, 5) is 16.6. The number of benzene rings is 1. The molecule has 1 aromatic rings. The smallest absolute Gasteiger partial charge is 0.254 e. The number of ether oxygens (including phenoxy) is 1. The zero-order valence-electron chi connectivity index (χ0n) is 13.9. The van der Waals surface area contributed by atoms with E-state index in [2.05, 4.69) is 4.90 Å². The second-order valence-electron chi connectivity index (χ2n) is 6.65. The molecule has 0 radical (unpaired) electrons. The van der Waals surface area contributed by atoms with Crippen LogP contribution in [0.1, 0.15) is 25.7 Å². The van der Waals surface area contributed by atoms with Gasteiger partial charge in [-0.25, -0.2) is 0 Å². The van der Waals surface area contributed by atoms with E-state index >= 15 is 0 Å². The summed E-state index contributed by atoms with van der Waals surface area (Å²) in [5.74, 6) is 0.628. The van der Waals surface area contributed by atoms with Crippen molar-refractivity contribution in [1.82, 2.24) is 9.80 Å². The van der Waals surface area contributed by atoms with Crippen molar-refractivity contribution in [3.63, 3.8) is 0 Å². The zero-order chi connectivity index (χ0) is 17.0. The van der Waals surface area contributed by atoms with Gasteiger partial charge in [0.2, 0.25) is 0 Å². The minimum Gasteiger partial charge on any atom is -0.491 e. The maximum Gasteiger partial charge on any atom is 0.254 e. The first-order valence-electron chi connectivity index (χ1n) is 8.70. The van der Waals surface area contributed by atoms with E-state index in [1.54, 1.807) is 0 Å². The van der Waals surface area contributed by atoms with Gasteiger partial charge in [0.15, 0.2) is 0 Å². The lowest BCUT2D eigenvalue weighted by Gasteiger charge is -2.37. The number of halogens is 1. The number of carbonyl (C=O) groups excluding carboxylic acids is 1. The van der Waals surface area contributed by atoms with Crippen LogP contribution in [0.25, 0.3) is 0 Å². The molecule has 0 aromatic heterocycles. The first-order chi connectivity index (χ1) is 11.6. The predicted molar refractivity (Wildman–Crippen MR) is 93.4 cm³/mol. The summed E-state index contributed by atoms with van der Waals surface area (Å²) in [6.07, 6.45) is 3.11. The molecular weight excluding hydrogens is 328 g/mol. The van der Waals surface area contributed by atoms with Crippen LogP contribution in [0.15, 0.2) is 24.3 Å². The Labute approximate surface area is 148 Å². The number of nitrogens with zero attached hydrogens (tertiary/aromatic N) is 2. The molecule has 1 heterocycles. The van der Waals surface area contributed by atoms with E-state index in [1.165, 1.54) is 0 Å². The fourth-order valence-electron chi connectivity index (χ4n) is 3.49. The average molecular weight is 353 g/mol. The van der Waals surface area contributed by atoms with Gasteiger partial charge in [0.05, 0.1) is 5.02 Å². The fraction of sp³-hybridized carbons (Fsp3) is 0.611. The van der Waals surface area contributed by atoms with Crippen LogP contribution in [0.5, 0.6) is 5.75 Å². The first kappa shape index (κ1) is 17.5. The molecule has 1 aromatic carbocycles. The minimum absolute atomic E-state index is 0.0769. The Bertz CT molecular complexity index is 567. The molecule has 1 amide bonds. The highest BCUT2D eigenvalue weighted by molar-refractivity contribution is 6.32. The van der Waals surface area contributed by atoms with Crippen molar-refractivity contribution >= 4 is 17.5 Å². The fourth-order valence-corrected chi connectivity index (χ4v) is 3.68. The van der Waals surface area contributed by atoms with Gasteiger partial charge in [0.25, 0.3) is 5.91 Å². The average Bonchev–Trinajstić information content (AvgIpc) is 3.04. The molecule has 0 spiro atoms. The summed E-state index contributed by atoms with van der Waals surface area (Å²) in [5, 5.41) is 11.1. The van der Waals surface area contributed by atoms with Crippen molar-refractivity contribution in [3.05, 3.63) is 29.3 Å². The van der Waals surface area contributed by atoms with Crippen molar-refractivity contribution in [1.29, 1.82) is 0 Å². The number of carbonyl (C=O) groups is 1. The third-order valence-electron chi connectivity index (χ3n) is 4.99. The second-order valence-corrected chi connectivity index (χ2v) is 7.06. The molecule has 3 rings (SSSR count). The number of hydrogen-bond acceptors (Lipinski definition) is 4. The summed E-state index contributed by atoms with van der Waals surface area (Å²) in [6.45, 7) is 4.35. The van der Waals surface area contributed by atoms with E-state index in [4.69, 9.17) is 16.3 Å². The zero-order valence-corrected chi connectivity index (χ0v) is 14.7. The monoisotopic (exact) mass is 352 g/mol. The third-order valence-corrected chi connectivity index (χ3v) is 5.30. The standard InChI is InChI=1S/C18H25ClN2O3/c19-15-5-1-2-6-16(15)24-14-13-20-9-11-21(12-10-20)17(22)18(23)7-3-4-8-18/h1-2,5-6,23H,3-4,7-14H2. The van der Waals surface area contributed by atoms with Crippen LogP contribution in [-0.2, 0) is 4.79 Å². The number of aliphatic hydroxyl groups is 1. The second kappa shape index (κ2) is 7.72. The highest BCUT2D eigenvalue weighted by atomic mass is 35.5. The molecule has 24 heavy (non-hydrogen) atoms. The molecule has 2 fully saturated rings. The first-order valence-corrected chi connectivity index (χ1v) is 9.08. The molecular formula is C18H25ClN2O3. The van der Waals surface area contributed by atoms with E-state index in [0.29, 0.717) is 43.3 Å². The topological polar surface area (TPSA) is 53.0 Å². The van der Waals surface area contributed by atoms with Gasteiger partial charge in [-0.05, 0) is 37.8 Å². The Morgan fingerprint density at radius 2 is 1.83 bits per heavy atom. The summed E-state index contributed by atoms with van der Waals surface area (Å²) in [6, 6.07) is 7.46. The molecule has 0 atom stereocenters. The molecule has 1 aliphatic carbocycles. The summed E-state index contributed by atoms with van der Waals surface area (Å²) in [5.41, 5.74) is -1.10. The van der Waals surface area contributed by atoms with Crippen molar-refractivity contribution in [2.75, 3.05) is 39.3 Å². The van der Waals surface area contributed by atoms with Gasteiger partial charge in [0, 0.05) is 32.7 Å². The third kappa shape index (κ3) is 4.02. The molecule has 1 N–H and O–H groups in total. The SMILES string of the molecule is O=C(N1CCN(CCOc2ccccc2Cl)CC1)C1(O)CCCC1. The summed E-state index contributed by atoms with van der Waals surface area (Å²) < 4.78 is 5.72. The van der Waals surface area contributed by atoms with Crippen molar-refractivity contribution in [2.24, 2.45) is 0 Å². The Hall–Kier alpha value is -1.30. The minimum atomic E-state index is -1.10. The molecule has 5 nitrogen and oxygen atoms in total. The highest BCUT2D eigenvalue weighted by Crippen LogP contribution is 2.31. The number of rotatable bonds is 5. The molecule has 1 saturated carbocycles. The van der Waals surface area contributed by atoms with Crippen molar-refractivity contribution in [2.45, 2.75) is 31.3 Å². The van der Waals surface area contributed by atoms with Gasteiger partial charge in [-0.1, -0.05) is 23.7 Å². The normalized spacial score (nSPS) is 21.0. The number of piperazine rings is 1. The number of hydrogen-bond donors (Lipinski definition) is 1. The Morgan fingerprint density at radius 3 is 2.50 bits per heavy atom. The Kier molecular flexibility index (Phi) is 5.64. The van der Waals surface area contributed by atoms with Crippen LogP contribution >= 0.6 is 11.6 Å². The lowest BCUT2D eigenvalue weighted by atomic mass is 10.00. The van der Waals surface area contributed by atoms with E-state index in [0.717, 1.165) is 32.5 Å². The highest BCUT2D eigenvalue weighted by Gasteiger charge is 2.42. The molecule has 1 saturated heterocycles. The largest absolute Gasteiger partial charge is 0.491 e. The number of amides is 1. The quantitative estimate of drug-likeness (QED) is 0.882. The molecule has 0 unspecified atom stereocenters. The van der Waals surface area contributed by atoms with Crippen LogP contribution in [0, 0.1) is 0 Å². The Morgan fingerprint density at radius 1 is 1.17 bits per heavy atom. The summed E-state index contributed by atoms with van der Waals surface area (Å²) in [7, 11) is 0. The maximum absolute atomic E-state index is 12.5. The lowest BCUT2D eigenvalue weighted by molar-refractivity contribution is -0.152. The van der Waals surface area contributed by atoms with Crippen LogP contribution < -0.4 is 4.74 Å². The van der Waals surface area contributed by atoms with Crippen LogP contribution in [0.4, 0.5) is 0 Å². The molecule has 2 aliphatic rings. The van der Waals surface area contributed by atoms with Gasteiger partial charge in [0.1, 0.15) is 18.0 Å². The van der Waals surface area contributed by atoms with E-state index in [1.807, 2.05) is 29.2 Å². The molecule has 6 heteroatoms. The lowest BCUT2D eigenvalue weighted by Crippen LogP contribution is -2.55. The van der Waals surface area contributed by atoms with Crippen LogP contribution in [0.3, 0.4) is 0 Å². The summed E-state index contributed by atoms with van der Waals surface area (Å²) >= 11 is 6.07. The van der Waals surface area contributed by atoms with Gasteiger partial charge in [-0.2, -0.15) is 0 Å². The van der Waals surface area contributed by atoms with Gasteiger partial charge in [-0.3, -0.25) is 9.69 Å². The van der Waals surface area contributed by atoms with Crippen LogP contribution in [-0.4, -0.2) is 65.7 Å². The van der Waals surface area contributed by atoms with E-state index in [-0.39, 0.29) is 5.91 Å². The van der Waals surface area contributed by atoms with Gasteiger partial charge < -0.3 is 14.7 Å². The maximum atomic E-state index is 12.5. The molecule has 132 valence electrons. The number of para-hydroxylation sites is 1. The molecule has 0 bridgehead atoms. The van der Waals surface area contributed by atoms with Gasteiger partial charge >= 0.3 is 0 Å². The molecule has 1 aliphatic heterocycles. The van der Waals surface area contributed by atoms with Crippen molar-refractivity contribution < 1.29 is 14.6 Å². The van der Waals surface area contributed by atoms with E-state index < -0.39 is 5.60 Å². The predicted octanol–water partition coefficient (Wildman–Crippen LogP) is 2.17. The van der Waals surface area contributed by atoms with Crippen molar-refractivity contribution in [3.8, 4) is 5.75 Å². The van der Waals surface area contributed by atoms with Gasteiger partial charge in [-0.15, -0.1) is 0 Å². The van der Waals surface area contributed by atoms with E-state index in [9.17, 15) is 9.90 Å². The van der Waals surface area contributed by atoms with Crippen LogP contribution in [0.2, 0.25) is 5.02 Å². The Balaban J connectivity index is 1.41.